The van der Waals surface area contributed by atoms with Crippen molar-refractivity contribution in [3.8, 4) is 0 Å². The fourth-order valence-electron chi connectivity index (χ4n) is 2.76. The lowest BCUT2D eigenvalue weighted by Crippen LogP contribution is -2.17. The third-order valence-electron chi connectivity index (χ3n) is 4.10. The molecule has 2 aliphatic carbocycles. The molecule has 0 spiro atoms. The summed E-state index contributed by atoms with van der Waals surface area (Å²) in [6.45, 7) is 25.7. The van der Waals surface area contributed by atoms with Crippen LogP contribution in [0.4, 0.5) is 0 Å². The Morgan fingerprint density at radius 3 is 0.864 bits per heavy atom. The highest BCUT2D eigenvalue weighted by Crippen LogP contribution is 2.37. The Balaban J connectivity index is -0.000000258. The maximum atomic E-state index is 3.86. The molecule has 0 radical (unpaired) electrons. The van der Waals surface area contributed by atoms with Crippen molar-refractivity contribution < 1.29 is 0 Å². The van der Waals surface area contributed by atoms with E-state index in [4.69, 9.17) is 0 Å². The summed E-state index contributed by atoms with van der Waals surface area (Å²) >= 11 is 0. The van der Waals surface area contributed by atoms with Crippen molar-refractivity contribution in [2.75, 3.05) is 0 Å². The van der Waals surface area contributed by atoms with Gasteiger partial charge >= 0.3 is 0 Å². The Hall–Kier alpha value is -1.30. The van der Waals surface area contributed by atoms with Crippen LogP contribution in [0.2, 0.25) is 0 Å². The fraction of sp³-hybridized carbons (Fsp3) is 0.545. The normalized spacial score (nSPS) is 17.8. The van der Waals surface area contributed by atoms with Gasteiger partial charge in [-0.15, -0.1) is 52.6 Å². The molecule has 2 aliphatic rings. The van der Waals surface area contributed by atoms with Crippen LogP contribution in [0.3, 0.4) is 0 Å². The fourth-order valence-corrected chi connectivity index (χ4v) is 2.76. The molecule has 0 nitrogen and oxygen atoms in total. The van der Waals surface area contributed by atoms with Crippen LogP contribution in [0, 0.1) is 5.41 Å². The zero-order valence-corrected chi connectivity index (χ0v) is 15.1. The molecule has 0 heterocycles. The molecule has 0 unspecified atom stereocenters. The van der Waals surface area contributed by atoms with Gasteiger partial charge in [0.1, 0.15) is 0 Å². The molecule has 2 rings (SSSR count). The van der Waals surface area contributed by atoms with E-state index < -0.39 is 0 Å². The van der Waals surface area contributed by atoms with Crippen molar-refractivity contribution >= 4 is 0 Å². The molecule has 128 valence electrons. The van der Waals surface area contributed by atoms with Gasteiger partial charge in [0.25, 0.3) is 0 Å². The van der Waals surface area contributed by atoms with Crippen LogP contribution in [0.15, 0.2) is 64.8 Å². The summed E-state index contributed by atoms with van der Waals surface area (Å²) in [5.41, 5.74) is 0.290. The van der Waals surface area contributed by atoms with Gasteiger partial charge in [-0.2, -0.15) is 0 Å². The quantitative estimate of drug-likeness (QED) is 0.452. The van der Waals surface area contributed by atoms with Crippen LogP contribution in [-0.2, 0) is 0 Å². The highest BCUT2D eigenvalue weighted by molar-refractivity contribution is 5.07. The van der Waals surface area contributed by atoms with Crippen LogP contribution in [0.1, 0.15) is 70.6 Å². The summed E-state index contributed by atoms with van der Waals surface area (Å²) in [4.78, 5) is 0. The predicted octanol–water partition coefficient (Wildman–Crippen LogP) is 8.06. The molecule has 0 aromatic carbocycles. The monoisotopic (exact) mass is 304 g/mol. The van der Waals surface area contributed by atoms with Gasteiger partial charge in [0.15, 0.2) is 0 Å². The first-order valence-corrected chi connectivity index (χ1v) is 8.60. The Kier molecular flexibility index (Phi) is 25.6. The molecule has 0 aromatic rings. The van der Waals surface area contributed by atoms with Gasteiger partial charge in [0, 0.05) is 5.41 Å². The first-order chi connectivity index (χ1) is 10.8. The standard InChI is InChI=1S/C10H16.C6H12.3C2H4/c1-3-10(4-2)8-6-5-7-9-10;1-2-4-6-5-3-1;3*1-2/h3-4H,1-2,5-9H2;1-6H2;3*1-2H2. The minimum absolute atomic E-state index is 0.290. The molecule has 0 aliphatic heterocycles. The molecule has 0 heteroatoms. The highest BCUT2D eigenvalue weighted by atomic mass is 14.3. The van der Waals surface area contributed by atoms with Gasteiger partial charge < -0.3 is 0 Å². The molecule has 0 atom stereocenters. The summed E-state index contributed by atoms with van der Waals surface area (Å²) in [6.07, 6.45) is 19.7. The smallest absolute Gasteiger partial charge is 0.00556 e. The van der Waals surface area contributed by atoms with Crippen LogP contribution in [0.25, 0.3) is 0 Å². The Labute approximate surface area is 141 Å². The van der Waals surface area contributed by atoms with Crippen molar-refractivity contribution in [1.82, 2.24) is 0 Å². The van der Waals surface area contributed by atoms with Gasteiger partial charge in [-0.1, -0.05) is 69.9 Å². The second-order valence-electron chi connectivity index (χ2n) is 5.32. The van der Waals surface area contributed by atoms with Crippen molar-refractivity contribution in [3.05, 3.63) is 64.8 Å². The molecule has 2 fully saturated rings. The second-order valence-corrected chi connectivity index (χ2v) is 5.32. The average Bonchev–Trinajstić information content (AvgIpc) is 2.69. The molecule has 22 heavy (non-hydrogen) atoms. The van der Waals surface area contributed by atoms with Crippen molar-refractivity contribution in [1.29, 1.82) is 0 Å². The highest BCUT2D eigenvalue weighted by Gasteiger charge is 2.24. The predicted molar refractivity (Wildman–Crippen MR) is 107 cm³/mol. The number of hydrogen-bond acceptors (Lipinski definition) is 0. The molecule has 0 N–H and O–H groups in total. The van der Waals surface area contributed by atoms with Gasteiger partial charge in [0.05, 0.1) is 0 Å². The Morgan fingerprint density at radius 2 is 0.682 bits per heavy atom. The molecule has 0 amide bonds. The summed E-state index contributed by atoms with van der Waals surface area (Å²) < 4.78 is 0. The maximum Gasteiger partial charge on any atom is 0.00556 e. The van der Waals surface area contributed by atoms with Crippen LogP contribution >= 0.6 is 0 Å². The lowest BCUT2D eigenvalue weighted by Gasteiger charge is -2.30. The van der Waals surface area contributed by atoms with Crippen molar-refractivity contribution in [2.24, 2.45) is 5.41 Å². The molecule has 0 aromatic heterocycles. The lowest BCUT2D eigenvalue weighted by molar-refractivity contribution is 0.327. The Bertz CT molecular complexity index is 202. The summed E-state index contributed by atoms with van der Waals surface area (Å²) in [5.74, 6) is 0. The minimum atomic E-state index is 0.290. The van der Waals surface area contributed by atoms with E-state index in [2.05, 4.69) is 64.8 Å². The number of allylic oxidation sites excluding steroid dienone is 2. The van der Waals surface area contributed by atoms with E-state index in [1.165, 1.54) is 70.6 Å². The van der Waals surface area contributed by atoms with E-state index >= 15 is 0 Å². The molecule has 0 saturated heterocycles. The van der Waals surface area contributed by atoms with E-state index in [9.17, 15) is 0 Å². The van der Waals surface area contributed by atoms with E-state index in [0.29, 0.717) is 0 Å². The largest absolute Gasteiger partial charge is 0.106 e. The van der Waals surface area contributed by atoms with Gasteiger partial charge in [-0.05, 0) is 12.8 Å². The van der Waals surface area contributed by atoms with Crippen molar-refractivity contribution in [2.45, 2.75) is 70.6 Å². The topological polar surface area (TPSA) is 0 Å². The number of hydrogen-bond donors (Lipinski definition) is 0. The SMILES string of the molecule is C1CCCCC1.C=C.C=C.C=C.C=CC1(C=C)CCCCC1. The van der Waals surface area contributed by atoms with E-state index in [0.717, 1.165) is 0 Å². The lowest BCUT2D eigenvalue weighted by atomic mass is 9.74. The molecule has 0 bridgehead atoms. The zero-order chi connectivity index (χ0) is 17.7. The average molecular weight is 305 g/mol. The summed E-state index contributed by atoms with van der Waals surface area (Å²) in [6, 6.07) is 0. The third kappa shape index (κ3) is 13.7. The first-order valence-electron chi connectivity index (χ1n) is 8.60. The van der Waals surface area contributed by atoms with Crippen LogP contribution < -0.4 is 0 Å². The maximum absolute atomic E-state index is 3.86. The van der Waals surface area contributed by atoms with E-state index in [1.807, 2.05) is 0 Å². The van der Waals surface area contributed by atoms with Crippen LogP contribution in [-0.4, -0.2) is 0 Å². The number of rotatable bonds is 2. The summed E-state index contributed by atoms with van der Waals surface area (Å²) in [7, 11) is 0. The van der Waals surface area contributed by atoms with Gasteiger partial charge in [-0.25, -0.2) is 0 Å². The van der Waals surface area contributed by atoms with E-state index in [1.54, 1.807) is 0 Å². The van der Waals surface area contributed by atoms with Crippen LogP contribution in [0.5, 0.6) is 0 Å². The summed E-state index contributed by atoms with van der Waals surface area (Å²) in [5, 5.41) is 0. The molecular formula is C22H40. The third-order valence-corrected chi connectivity index (χ3v) is 4.10. The minimum Gasteiger partial charge on any atom is -0.106 e. The second kappa shape index (κ2) is 22.0. The van der Waals surface area contributed by atoms with Crippen molar-refractivity contribution in [3.63, 3.8) is 0 Å². The van der Waals surface area contributed by atoms with Gasteiger partial charge in [-0.3, -0.25) is 0 Å². The first kappa shape index (κ1) is 25.6. The Morgan fingerprint density at radius 1 is 0.455 bits per heavy atom. The van der Waals surface area contributed by atoms with Gasteiger partial charge in [0.2, 0.25) is 0 Å². The molecular weight excluding hydrogens is 264 g/mol. The van der Waals surface area contributed by atoms with E-state index in [-0.39, 0.29) is 5.41 Å². The molecule has 2 saturated carbocycles. The zero-order valence-electron chi connectivity index (χ0n) is 15.1.